The molecule has 3 heteroatoms. The molecule has 0 spiro atoms. The smallest absolute Gasteiger partial charge is 0.122 e. The van der Waals surface area contributed by atoms with Gasteiger partial charge in [-0.05, 0) is 18.4 Å². The Bertz CT molecular complexity index is 298. The molecule has 0 aliphatic carbocycles. The highest BCUT2D eigenvalue weighted by Gasteiger charge is 2.08. The van der Waals surface area contributed by atoms with Gasteiger partial charge in [0.2, 0.25) is 0 Å². The number of thioether (sulfide) groups is 1. The first-order chi connectivity index (χ1) is 6.74. The minimum Gasteiger partial charge on any atom is -0.279 e. The molecular weight excluding hydrogens is 192 g/mol. The van der Waals surface area contributed by atoms with Crippen LogP contribution in [0.15, 0.2) is 33.9 Å². The Morgan fingerprint density at radius 3 is 3.00 bits per heavy atom. The third-order valence-electron chi connectivity index (χ3n) is 1.78. The van der Waals surface area contributed by atoms with Crippen LogP contribution in [-0.4, -0.2) is 17.6 Å². The number of hydrogen-bond acceptors (Lipinski definition) is 3. The van der Waals surface area contributed by atoms with Crippen molar-refractivity contribution in [3.8, 4) is 0 Å². The van der Waals surface area contributed by atoms with E-state index in [-0.39, 0.29) is 0 Å². The lowest BCUT2D eigenvalue weighted by Gasteiger charge is -1.95. The number of allylic oxidation sites excluding steroid dienone is 3. The van der Waals surface area contributed by atoms with Crippen molar-refractivity contribution in [1.29, 1.82) is 0 Å². The van der Waals surface area contributed by atoms with Crippen LogP contribution in [0.4, 0.5) is 0 Å². The number of nitrogens with zero attached hydrogens (tertiary/aromatic N) is 2. The van der Waals surface area contributed by atoms with Crippen LogP contribution in [-0.2, 0) is 0 Å². The highest BCUT2D eigenvalue weighted by atomic mass is 32.2. The summed E-state index contributed by atoms with van der Waals surface area (Å²) in [6.45, 7) is 4.42. The van der Waals surface area contributed by atoms with Crippen LogP contribution in [0.1, 0.15) is 20.3 Å². The Kier molecular flexibility index (Phi) is 4.66. The summed E-state index contributed by atoms with van der Waals surface area (Å²) in [7, 11) is 1.79. The molecule has 0 fully saturated rings. The van der Waals surface area contributed by atoms with Crippen LogP contribution in [0.5, 0.6) is 0 Å². The SMILES string of the molecule is C/N=C1/SC=N/C1=C/C=C\CC(C)C. The Hall–Kier alpha value is -0.830. The average molecular weight is 208 g/mol. The molecule has 0 atom stereocenters. The zero-order valence-corrected chi connectivity index (χ0v) is 9.71. The predicted molar refractivity (Wildman–Crippen MR) is 66.1 cm³/mol. The van der Waals surface area contributed by atoms with Crippen molar-refractivity contribution in [2.24, 2.45) is 15.9 Å². The van der Waals surface area contributed by atoms with Gasteiger partial charge in [0.1, 0.15) is 5.04 Å². The van der Waals surface area contributed by atoms with Crippen LogP contribution in [0.25, 0.3) is 0 Å². The molecule has 0 amide bonds. The maximum Gasteiger partial charge on any atom is 0.122 e. The van der Waals surface area contributed by atoms with Gasteiger partial charge in [-0.2, -0.15) is 0 Å². The highest BCUT2D eigenvalue weighted by molar-refractivity contribution is 8.25. The van der Waals surface area contributed by atoms with E-state index in [1.807, 2.05) is 11.6 Å². The van der Waals surface area contributed by atoms with Gasteiger partial charge >= 0.3 is 0 Å². The first kappa shape index (κ1) is 11.2. The Morgan fingerprint density at radius 2 is 2.36 bits per heavy atom. The lowest BCUT2D eigenvalue weighted by Crippen LogP contribution is -1.88. The third kappa shape index (κ3) is 3.50. The zero-order chi connectivity index (χ0) is 10.4. The fourth-order valence-electron chi connectivity index (χ4n) is 1.04. The fraction of sp³-hybridized carbons (Fsp3) is 0.455. The minimum atomic E-state index is 0.713. The molecule has 1 rings (SSSR count). The van der Waals surface area contributed by atoms with Gasteiger partial charge in [0.05, 0.1) is 11.2 Å². The van der Waals surface area contributed by atoms with E-state index >= 15 is 0 Å². The molecule has 0 unspecified atom stereocenters. The van der Waals surface area contributed by atoms with Gasteiger partial charge in [-0.3, -0.25) is 4.99 Å². The van der Waals surface area contributed by atoms with E-state index in [0.717, 1.165) is 17.2 Å². The first-order valence-corrected chi connectivity index (χ1v) is 5.65. The molecule has 14 heavy (non-hydrogen) atoms. The van der Waals surface area contributed by atoms with Crippen LogP contribution in [0.3, 0.4) is 0 Å². The molecule has 1 aliphatic heterocycles. The molecule has 0 aromatic rings. The van der Waals surface area contributed by atoms with Crippen LogP contribution in [0, 0.1) is 5.92 Å². The van der Waals surface area contributed by atoms with E-state index < -0.39 is 0 Å². The molecule has 0 bridgehead atoms. The topological polar surface area (TPSA) is 24.7 Å². The van der Waals surface area contributed by atoms with Crippen LogP contribution in [0.2, 0.25) is 0 Å². The first-order valence-electron chi connectivity index (χ1n) is 4.77. The molecule has 0 saturated carbocycles. The molecule has 2 nitrogen and oxygen atoms in total. The third-order valence-corrected chi connectivity index (χ3v) is 2.60. The van der Waals surface area contributed by atoms with E-state index in [9.17, 15) is 0 Å². The van der Waals surface area contributed by atoms with E-state index in [0.29, 0.717) is 5.92 Å². The van der Waals surface area contributed by atoms with Crippen molar-refractivity contribution in [3.05, 3.63) is 23.9 Å². The summed E-state index contributed by atoms with van der Waals surface area (Å²) in [5.74, 6) is 0.713. The minimum absolute atomic E-state index is 0.713. The van der Waals surface area contributed by atoms with E-state index in [1.165, 1.54) is 0 Å². The summed E-state index contributed by atoms with van der Waals surface area (Å²) < 4.78 is 0. The van der Waals surface area contributed by atoms with Gasteiger partial charge in [-0.25, -0.2) is 4.99 Å². The summed E-state index contributed by atoms with van der Waals surface area (Å²) in [6, 6.07) is 0. The normalized spacial score (nSPS) is 22.3. The van der Waals surface area contributed by atoms with Gasteiger partial charge in [0.15, 0.2) is 0 Å². The van der Waals surface area contributed by atoms with Crippen molar-refractivity contribution in [2.75, 3.05) is 7.05 Å². The molecule has 1 heterocycles. The van der Waals surface area contributed by atoms with E-state index in [4.69, 9.17) is 0 Å². The highest BCUT2D eigenvalue weighted by Crippen LogP contribution is 2.19. The quantitative estimate of drug-likeness (QED) is 0.698. The van der Waals surface area contributed by atoms with Gasteiger partial charge < -0.3 is 0 Å². The Balaban J connectivity index is 2.52. The molecule has 76 valence electrons. The number of rotatable bonds is 3. The molecular formula is C11H16N2S. The molecule has 0 saturated heterocycles. The summed E-state index contributed by atoms with van der Waals surface area (Å²) in [4.78, 5) is 8.36. The largest absolute Gasteiger partial charge is 0.279 e. The average Bonchev–Trinajstić information content (AvgIpc) is 2.59. The van der Waals surface area contributed by atoms with Crippen molar-refractivity contribution in [1.82, 2.24) is 0 Å². The number of aliphatic imine (C=N–C) groups is 2. The summed E-state index contributed by atoms with van der Waals surface area (Å²) in [6.07, 6.45) is 7.35. The van der Waals surface area contributed by atoms with Crippen molar-refractivity contribution in [2.45, 2.75) is 20.3 Å². The number of hydrogen-bond donors (Lipinski definition) is 0. The second kappa shape index (κ2) is 5.81. The second-order valence-corrected chi connectivity index (χ2v) is 4.32. The van der Waals surface area contributed by atoms with E-state index in [1.54, 1.807) is 18.8 Å². The van der Waals surface area contributed by atoms with Crippen LogP contribution >= 0.6 is 11.8 Å². The van der Waals surface area contributed by atoms with Crippen molar-refractivity contribution >= 4 is 22.4 Å². The van der Waals surface area contributed by atoms with E-state index in [2.05, 4.69) is 36.0 Å². The summed E-state index contributed by atoms with van der Waals surface area (Å²) >= 11 is 1.57. The maximum absolute atomic E-state index is 4.22. The van der Waals surface area contributed by atoms with Gasteiger partial charge in [-0.15, -0.1) is 0 Å². The molecule has 0 radical (unpaired) electrons. The van der Waals surface area contributed by atoms with Crippen molar-refractivity contribution in [3.63, 3.8) is 0 Å². The lowest BCUT2D eigenvalue weighted by atomic mass is 10.1. The fourth-order valence-corrected chi connectivity index (χ4v) is 1.65. The second-order valence-electron chi connectivity index (χ2n) is 3.49. The van der Waals surface area contributed by atoms with Crippen LogP contribution < -0.4 is 0 Å². The lowest BCUT2D eigenvalue weighted by molar-refractivity contribution is 0.664. The zero-order valence-electron chi connectivity index (χ0n) is 8.90. The molecule has 0 aromatic carbocycles. The molecule has 0 aromatic heterocycles. The van der Waals surface area contributed by atoms with Crippen molar-refractivity contribution < 1.29 is 0 Å². The molecule has 1 aliphatic rings. The Labute approximate surface area is 89.9 Å². The standard InChI is InChI=1S/C11H16N2S/c1-9(2)6-4-5-7-10-11(12-3)14-8-13-10/h4-5,7-9H,6H2,1-3H3/b5-4-,10-7+,12-11+. The van der Waals surface area contributed by atoms with Gasteiger partial charge in [-0.1, -0.05) is 37.8 Å². The maximum atomic E-state index is 4.22. The molecule has 0 N–H and O–H groups in total. The summed E-state index contributed by atoms with van der Waals surface area (Å²) in [5.41, 5.74) is 2.79. The predicted octanol–water partition coefficient (Wildman–Crippen LogP) is 3.28. The Morgan fingerprint density at radius 1 is 1.57 bits per heavy atom. The monoisotopic (exact) mass is 208 g/mol. The van der Waals surface area contributed by atoms with Gasteiger partial charge in [0, 0.05) is 7.05 Å². The summed E-state index contributed by atoms with van der Waals surface area (Å²) in [5, 5.41) is 0.999. The van der Waals surface area contributed by atoms with Gasteiger partial charge in [0.25, 0.3) is 0 Å².